The molecule has 0 saturated carbocycles. The van der Waals surface area contributed by atoms with Crippen LogP contribution in [0.3, 0.4) is 0 Å². The molecular weight excluding hydrogens is 884 g/mol. The van der Waals surface area contributed by atoms with Crippen molar-refractivity contribution in [1.82, 2.24) is 34.8 Å². The minimum atomic E-state index is -5.07. The standard InChI is InChI=1S/C45H44F3N9O8S/c1-25(26-11-14-29(46)15-12-26)65-35-21-27(13-16-32(35)54-66(62,63)45(47)48)39-38-40(55(2)53-39)31(23-50-41(38)49)28-22-51-56(24-28)19-6-4-3-5-7-20-64-34-10-8-9-30-37(34)44(61)57(43(30)60)33-17-18-36(58)52-42(33)59/h8-16,21-25,33,45,54H,3-7,17-20H2,1-2H3,(H2,49,50)(H,52,58,59). The number of benzene rings is 3. The lowest BCUT2D eigenvalue weighted by Crippen LogP contribution is -2.54. The largest absolute Gasteiger partial charge is 0.493 e. The van der Waals surface area contributed by atoms with Crippen molar-refractivity contribution >= 4 is 56.1 Å². The number of aromatic nitrogens is 5. The van der Waals surface area contributed by atoms with Gasteiger partial charge >= 0.3 is 5.76 Å². The number of unbranched alkanes of at least 4 members (excludes halogenated alkanes) is 4. The molecule has 17 nitrogen and oxygen atoms in total. The second kappa shape index (κ2) is 18.7. The molecule has 5 heterocycles. The minimum absolute atomic E-state index is 0.0331. The fourth-order valence-electron chi connectivity index (χ4n) is 8.11. The number of aryl methyl sites for hydroxylation is 2. The highest BCUT2D eigenvalue weighted by atomic mass is 32.2. The molecule has 21 heteroatoms. The number of halogens is 3. The molecule has 1 saturated heterocycles. The van der Waals surface area contributed by atoms with Crippen molar-refractivity contribution < 1.29 is 50.2 Å². The first-order chi connectivity index (χ1) is 31.6. The number of anilines is 2. The number of pyridine rings is 1. The molecule has 4 amide bonds. The summed E-state index contributed by atoms with van der Waals surface area (Å²) in [6, 6.07) is 13.4. The number of fused-ring (bicyclic) bond motifs is 2. The fraction of sp³-hybridized carbons (Fsp3) is 0.311. The third-order valence-electron chi connectivity index (χ3n) is 11.4. The second-order valence-electron chi connectivity index (χ2n) is 15.9. The molecule has 2 unspecified atom stereocenters. The van der Waals surface area contributed by atoms with E-state index in [1.54, 1.807) is 43.2 Å². The topological polar surface area (TPSA) is 223 Å². The van der Waals surface area contributed by atoms with Gasteiger partial charge in [0.1, 0.15) is 41.0 Å². The number of carbonyl (C=O) groups excluding carboxylic acids is 4. The molecule has 3 aromatic heterocycles. The summed E-state index contributed by atoms with van der Waals surface area (Å²) in [6.45, 7) is 2.60. The Morgan fingerprint density at radius 2 is 1.68 bits per heavy atom. The SMILES string of the molecule is CC(Oc1cc(-c2nn(C)c3c(-c4cnn(CCCCCCCOc5cccc6c5C(=O)N(C5CCC(=O)NC5=O)C6=O)c4)cnc(N)c23)ccc1NS(=O)(=O)C(F)F)c1ccc(F)cc1. The van der Waals surface area contributed by atoms with Gasteiger partial charge in [0, 0.05) is 49.1 Å². The first-order valence-electron chi connectivity index (χ1n) is 21.1. The van der Waals surface area contributed by atoms with Crippen molar-refractivity contribution in [3.63, 3.8) is 0 Å². The number of nitrogens with two attached hydrogens (primary N) is 1. The number of imide groups is 2. The van der Waals surface area contributed by atoms with Crippen molar-refractivity contribution in [3.05, 3.63) is 102 Å². The predicted octanol–water partition coefficient (Wildman–Crippen LogP) is 6.76. The van der Waals surface area contributed by atoms with Gasteiger partial charge in [-0.1, -0.05) is 43.5 Å². The maximum absolute atomic E-state index is 13.6. The summed E-state index contributed by atoms with van der Waals surface area (Å²) in [4.78, 5) is 55.9. The highest BCUT2D eigenvalue weighted by Gasteiger charge is 2.46. The Bertz CT molecular complexity index is 2980. The van der Waals surface area contributed by atoms with Gasteiger partial charge < -0.3 is 15.2 Å². The highest BCUT2D eigenvalue weighted by Crippen LogP contribution is 2.41. The summed E-state index contributed by atoms with van der Waals surface area (Å²) in [7, 11) is -3.34. The smallest absolute Gasteiger partial charge is 0.355 e. The van der Waals surface area contributed by atoms with E-state index in [-0.39, 0.29) is 47.0 Å². The Morgan fingerprint density at radius 3 is 2.44 bits per heavy atom. The van der Waals surface area contributed by atoms with Gasteiger partial charge in [0.25, 0.3) is 21.8 Å². The average Bonchev–Trinajstić information content (AvgIpc) is 3.97. The Kier molecular flexibility index (Phi) is 12.8. The molecule has 0 spiro atoms. The normalized spacial score (nSPS) is 15.7. The molecule has 4 N–H and O–H groups in total. The molecular formula is C45H44F3N9O8S. The second-order valence-corrected chi connectivity index (χ2v) is 17.6. The predicted molar refractivity (Wildman–Crippen MR) is 235 cm³/mol. The summed E-state index contributed by atoms with van der Waals surface area (Å²) in [5, 5.41) is 12.0. The van der Waals surface area contributed by atoms with Crippen molar-refractivity contribution in [2.24, 2.45) is 7.05 Å². The van der Waals surface area contributed by atoms with E-state index >= 15 is 0 Å². The molecule has 0 radical (unpaired) electrons. The van der Waals surface area contributed by atoms with Crippen LogP contribution in [-0.4, -0.2) is 79.9 Å². The Balaban J connectivity index is 0.892. The number of hydrogen-bond donors (Lipinski definition) is 3. The van der Waals surface area contributed by atoms with Crippen molar-refractivity contribution in [2.45, 2.75) is 76.3 Å². The molecule has 0 bridgehead atoms. The molecule has 6 aromatic rings. The number of alkyl halides is 2. The Morgan fingerprint density at radius 1 is 0.924 bits per heavy atom. The van der Waals surface area contributed by atoms with E-state index in [2.05, 4.69) is 15.4 Å². The van der Waals surface area contributed by atoms with Gasteiger partial charge in [-0.3, -0.25) is 43.5 Å². The minimum Gasteiger partial charge on any atom is -0.493 e. The number of nitrogen functional groups attached to an aromatic ring is 1. The van der Waals surface area contributed by atoms with Crippen LogP contribution in [0.2, 0.25) is 0 Å². The van der Waals surface area contributed by atoms with Crippen LogP contribution in [0.25, 0.3) is 33.3 Å². The van der Waals surface area contributed by atoms with Crippen molar-refractivity contribution in [3.8, 4) is 33.9 Å². The zero-order chi connectivity index (χ0) is 46.9. The number of amides is 4. The van der Waals surface area contributed by atoms with Crippen LogP contribution < -0.4 is 25.2 Å². The van der Waals surface area contributed by atoms with Crippen LogP contribution >= 0.6 is 0 Å². The van der Waals surface area contributed by atoms with E-state index in [1.165, 1.54) is 48.5 Å². The summed E-state index contributed by atoms with van der Waals surface area (Å²) in [5.41, 5.74) is 9.91. The molecule has 2 aliphatic heterocycles. The van der Waals surface area contributed by atoms with Gasteiger partial charge in [0.05, 0.1) is 40.5 Å². The third kappa shape index (κ3) is 9.15. The lowest BCUT2D eigenvalue weighted by molar-refractivity contribution is -0.136. The summed E-state index contributed by atoms with van der Waals surface area (Å²) < 4.78 is 82.3. The zero-order valence-corrected chi connectivity index (χ0v) is 36.5. The highest BCUT2D eigenvalue weighted by molar-refractivity contribution is 7.93. The van der Waals surface area contributed by atoms with Gasteiger partial charge in [0.2, 0.25) is 11.8 Å². The third-order valence-corrected chi connectivity index (χ3v) is 12.4. The number of piperidine rings is 1. The molecule has 344 valence electrons. The van der Waals surface area contributed by atoms with E-state index in [9.17, 15) is 40.8 Å². The van der Waals surface area contributed by atoms with Crippen LogP contribution in [-0.2, 0) is 33.2 Å². The zero-order valence-electron chi connectivity index (χ0n) is 35.7. The van der Waals surface area contributed by atoms with Crippen LogP contribution in [0.5, 0.6) is 11.5 Å². The first kappa shape index (κ1) is 45.3. The Hall–Kier alpha value is -7.29. The van der Waals surface area contributed by atoms with Crippen LogP contribution in [0.15, 0.2) is 79.3 Å². The van der Waals surface area contributed by atoms with Gasteiger partial charge in [-0.15, -0.1) is 0 Å². The fourth-order valence-corrected chi connectivity index (χ4v) is 8.67. The van der Waals surface area contributed by atoms with Gasteiger partial charge in [-0.05, 0) is 68.1 Å². The maximum Gasteiger partial charge on any atom is 0.355 e. The van der Waals surface area contributed by atoms with Crippen LogP contribution in [0.1, 0.15) is 84.3 Å². The van der Waals surface area contributed by atoms with Gasteiger partial charge in [0.15, 0.2) is 0 Å². The van der Waals surface area contributed by atoms with Crippen LogP contribution in [0.4, 0.5) is 24.7 Å². The number of sulfonamides is 1. The number of nitrogens with zero attached hydrogens (tertiary/aromatic N) is 6. The molecule has 3 aromatic carbocycles. The number of nitrogens with one attached hydrogen (secondary N) is 2. The maximum atomic E-state index is 13.6. The monoisotopic (exact) mass is 927 g/mol. The molecule has 0 aliphatic carbocycles. The lowest BCUT2D eigenvalue weighted by atomic mass is 10.0. The Labute approximate surface area is 376 Å². The number of rotatable bonds is 18. The first-order valence-corrected chi connectivity index (χ1v) is 22.6. The quantitative estimate of drug-likeness (QED) is 0.0601. The van der Waals surface area contributed by atoms with Gasteiger partial charge in [-0.25, -0.2) is 17.8 Å². The molecule has 2 aliphatic rings. The van der Waals surface area contributed by atoms with Crippen LogP contribution in [0, 0.1) is 5.82 Å². The summed E-state index contributed by atoms with van der Waals surface area (Å²) in [5.74, 6) is -6.15. The van der Waals surface area contributed by atoms with E-state index in [4.69, 9.17) is 20.3 Å². The van der Waals surface area contributed by atoms with Gasteiger partial charge in [-0.2, -0.15) is 19.0 Å². The van der Waals surface area contributed by atoms with E-state index in [1.807, 2.05) is 15.6 Å². The molecule has 1 fully saturated rings. The van der Waals surface area contributed by atoms with Crippen molar-refractivity contribution in [2.75, 3.05) is 17.1 Å². The average molecular weight is 928 g/mol. The van der Waals surface area contributed by atoms with E-state index < -0.39 is 57.4 Å². The number of ether oxygens (including phenoxy) is 2. The summed E-state index contributed by atoms with van der Waals surface area (Å²) in [6.07, 6.45) is 8.77. The molecule has 2 atom stereocenters. The molecule has 66 heavy (non-hydrogen) atoms. The summed E-state index contributed by atoms with van der Waals surface area (Å²) >= 11 is 0. The van der Waals surface area contributed by atoms with Crippen molar-refractivity contribution in [1.29, 1.82) is 0 Å². The van der Waals surface area contributed by atoms with E-state index in [0.717, 1.165) is 36.1 Å². The molecule has 8 rings (SSSR count). The van der Waals surface area contributed by atoms with E-state index in [0.29, 0.717) is 52.9 Å². The number of carbonyl (C=O) groups is 4. The lowest BCUT2D eigenvalue weighted by Gasteiger charge is -2.27. The number of hydrogen-bond acceptors (Lipinski definition) is 12.